The van der Waals surface area contributed by atoms with Gasteiger partial charge >= 0.3 is 6.97 Å². The van der Waals surface area contributed by atoms with Crippen molar-refractivity contribution in [1.29, 1.82) is 0 Å². The highest BCUT2D eigenvalue weighted by atomic mass is 19.2. The summed E-state index contributed by atoms with van der Waals surface area (Å²) in [6.45, 7) is 3.23. The normalized spacial score (nSPS) is 17.5. The van der Waals surface area contributed by atoms with Crippen LogP contribution >= 0.6 is 0 Å². The number of nitrogens with zero attached hydrogens (tertiary/aromatic N) is 5. The van der Waals surface area contributed by atoms with Crippen molar-refractivity contribution in [2.24, 2.45) is 5.41 Å². The van der Waals surface area contributed by atoms with E-state index in [1.54, 1.807) is 49.9 Å². The summed E-state index contributed by atoms with van der Waals surface area (Å²) in [5.74, 6) is -0.686. The largest absolute Gasteiger partial charge is 0.737 e. The molecule has 2 atom stereocenters. The highest BCUT2D eigenvalue weighted by Crippen LogP contribution is 2.34. The summed E-state index contributed by atoms with van der Waals surface area (Å²) in [5, 5.41) is 42.7. The van der Waals surface area contributed by atoms with Gasteiger partial charge in [0.1, 0.15) is 18.0 Å². The van der Waals surface area contributed by atoms with E-state index in [1.807, 2.05) is 13.0 Å². The molecule has 0 fully saturated rings. The minimum absolute atomic E-state index is 0.359. The van der Waals surface area contributed by atoms with E-state index in [1.165, 1.54) is 16.8 Å². The number of aromatic nitrogens is 4. The SMILES string of the molecule is Cc1cc(C)n2c1C=C1C=CC(CCCn3cc(CCNC(O)/C=C\NC(=O)[C@@H](O)C(C)(C)CO)nn3)=[N+]1[B-]2(F)F. The van der Waals surface area contributed by atoms with Gasteiger partial charge in [-0.1, -0.05) is 19.1 Å². The van der Waals surface area contributed by atoms with Gasteiger partial charge in [0.25, 0.3) is 5.91 Å². The van der Waals surface area contributed by atoms with Gasteiger partial charge in [-0.05, 0) is 43.7 Å². The van der Waals surface area contributed by atoms with E-state index < -0.39 is 30.6 Å². The van der Waals surface area contributed by atoms with Crippen molar-refractivity contribution in [3.63, 3.8) is 0 Å². The zero-order chi connectivity index (χ0) is 29.9. The van der Waals surface area contributed by atoms with Crippen molar-refractivity contribution in [3.05, 3.63) is 65.0 Å². The number of rotatable bonds is 13. The molecule has 14 heteroatoms. The van der Waals surface area contributed by atoms with E-state index in [0.29, 0.717) is 60.8 Å². The summed E-state index contributed by atoms with van der Waals surface area (Å²) in [6, 6.07) is 1.79. The van der Waals surface area contributed by atoms with Crippen LogP contribution in [-0.2, 0) is 17.8 Å². The fourth-order valence-corrected chi connectivity index (χ4v) is 5.04. The molecule has 2 aromatic rings. The number of allylic oxidation sites excluding steroid dienone is 2. The second-order valence-corrected chi connectivity index (χ2v) is 11.2. The molecule has 0 saturated heterocycles. The Morgan fingerprint density at radius 1 is 1.24 bits per heavy atom. The van der Waals surface area contributed by atoms with Crippen LogP contribution < -0.4 is 10.6 Å². The molecule has 222 valence electrons. The third-order valence-corrected chi connectivity index (χ3v) is 7.45. The Morgan fingerprint density at radius 3 is 2.73 bits per heavy atom. The van der Waals surface area contributed by atoms with Gasteiger partial charge in [0.15, 0.2) is 5.70 Å². The number of amides is 1. The van der Waals surface area contributed by atoms with E-state index >= 15 is 8.63 Å². The van der Waals surface area contributed by atoms with Crippen molar-refractivity contribution in [2.45, 2.75) is 65.8 Å². The lowest BCUT2D eigenvalue weighted by Crippen LogP contribution is -2.50. The van der Waals surface area contributed by atoms with Crippen molar-refractivity contribution in [1.82, 2.24) is 30.1 Å². The lowest BCUT2D eigenvalue weighted by atomic mass is 9.87. The summed E-state index contributed by atoms with van der Waals surface area (Å²) < 4.78 is 35.1. The molecular formula is C27H38BF2N7O4. The predicted octanol–water partition coefficient (Wildman–Crippen LogP) is 1.24. The number of halogens is 2. The molecule has 0 saturated carbocycles. The second-order valence-electron chi connectivity index (χ2n) is 11.2. The van der Waals surface area contributed by atoms with Crippen LogP contribution in [0.2, 0.25) is 0 Å². The standard InChI is InChI=1S/C27H38BF2N7O4/c1-18-14-19(2)36-23(18)15-22-8-7-21(37(22)28(36,29)30)6-5-13-35-16-20(33-34-35)9-11-31-24(39)10-12-32-26(41)25(40)27(3,4)17-38/h7-8,10,12,14-16,24-25,31,38-40H,5-6,9,11,13,17H2,1-4H3,(H,32,41)/b12-10-/t24?,25-/m1/s1. The Hall–Kier alpha value is -3.46. The van der Waals surface area contributed by atoms with E-state index in [-0.39, 0.29) is 6.61 Å². The first-order chi connectivity index (χ1) is 19.3. The van der Waals surface area contributed by atoms with Crippen molar-refractivity contribution in [3.8, 4) is 0 Å². The summed E-state index contributed by atoms with van der Waals surface area (Å²) in [4.78, 5) is 11.9. The summed E-state index contributed by atoms with van der Waals surface area (Å²) in [6.07, 6.45) is 8.74. The molecule has 1 amide bonds. The molecule has 0 bridgehead atoms. The number of nitrogens with one attached hydrogen (secondary N) is 2. The Bertz CT molecular complexity index is 1410. The second kappa shape index (κ2) is 12.2. The lowest BCUT2D eigenvalue weighted by Gasteiger charge is -2.30. The number of hydrogen-bond donors (Lipinski definition) is 5. The molecule has 0 aromatic carbocycles. The molecule has 5 N–H and O–H groups in total. The number of aliphatic hydroxyl groups excluding tert-OH is 3. The summed E-state index contributed by atoms with van der Waals surface area (Å²) >= 11 is 0. The van der Waals surface area contributed by atoms with Gasteiger partial charge in [-0.25, -0.2) is 0 Å². The molecule has 2 aliphatic heterocycles. The molecule has 0 aliphatic carbocycles. The minimum Gasteiger partial charge on any atom is -0.396 e. The number of carbonyl (C=O) groups excluding carboxylic acids is 1. The van der Waals surface area contributed by atoms with Gasteiger partial charge in [-0.15, -0.1) is 5.10 Å². The van der Waals surface area contributed by atoms with Gasteiger partial charge in [-0.3, -0.25) is 14.8 Å². The number of carbonyl (C=O) groups is 1. The Morgan fingerprint density at radius 2 is 2.00 bits per heavy atom. The number of fused-ring (bicyclic) bond motifs is 2. The molecule has 1 unspecified atom stereocenters. The van der Waals surface area contributed by atoms with E-state index in [9.17, 15) is 20.1 Å². The van der Waals surface area contributed by atoms with Crippen LogP contribution in [0.25, 0.3) is 6.08 Å². The molecule has 4 rings (SSSR count). The Labute approximate surface area is 237 Å². The molecular weight excluding hydrogens is 535 g/mol. The number of aryl methyl sites for hydroxylation is 3. The van der Waals surface area contributed by atoms with Crippen LogP contribution in [0.5, 0.6) is 0 Å². The first-order valence-electron chi connectivity index (χ1n) is 13.7. The molecule has 41 heavy (non-hydrogen) atoms. The van der Waals surface area contributed by atoms with Gasteiger partial charge < -0.3 is 38.2 Å². The molecule has 0 radical (unpaired) electrons. The molecule has 2 aliphatic rings. The predicted molar refractivity (Wildman–Crippen MR) is 151 cm³/mol. The third kappa shape index (κ3) is 6.56. The number of hydrogen-bond acceptors (Lipinski definition) is 7. The van der Waals surface area contributed by atoms with Crippen molar-refractivity contribution < 1.29 is 33.2 Å². The maximum Gasteiger partial charge on any atom is 0.737 e. The zero-order valence-electron chi connectivity index (χ0n) is 23.8. The third-order valence-electron chi connectivity index (χ3n) is 7.45. The maximum atomic E-state index is 15.6. The average Bonchev–Trinajstić information content (AvgIpc) is 3.62. The topological polar surface area (TPSA) is 140 Å². The lowest BCUT2D eigenvalue weighted by molar-refractivity contribution is -0.362. The quantitative estimate of drug-likeness (QED) is 0.179. The fourth-order valence-electron chi connectivity index (χ4n) is 5.04. The Balaban J connectivity index is 1.22. The van der Waals surface area contributed by atoms with E-state index in [4.69, 9.17) is 0 Å². The Kier molecular flexibility index (Phi) is 9.07. The maximum absolute atomic E-state index is 15.6. The average molecular weight is 573 g/mol. The highest BCUT2D eigenvalue weighted by molar-refractivity contribution is 6.58. The number of aliphatic hydroxyl groups is 3. The zero-order valence-corrected chi connectivity index (χ0v) is 23.8. The highest BCUT2D eigenvalue weighted by Gasteiger charge is 2.52. The monoisotopic (exact) mass is 573 g/mol. The van der Waals surface area contributed by atoms with Crippen molar-refractivity contribution in [2.75, 3.05) is 13.2 Å². The van der Waals surface area contributed by atoms with Gasteiger partial charge in [0.05, 0.1) is 12.3 Å². The molecule has 2 aromatic heterocycles. The fraction of sp³-hybridized carbons (Fsp3) is 0.481. The van der Waals surface area contributed by atoms with Crippen LogP contribution in [-0.4, -0.2) is 83.4 Å². The molecule has 4 heterocycles. The van der Waals surface area contributed by atoms with Crippen LogP contribution in [0.3, 0.4) is 0 Å². The van der Waals surface area contributed by atoms with Crippen molar-refractivity contribution >= 4 is 24.7 Å². The smallest absolute Gasteiger partial charge is 0.396 e. The van der Waals surface area contributed by atoms with Crippen LogP contribution in [0.4, 0.5) is 8.63 Å². The molecule has 11 nitrogen and oxygen atoms in total. The summed E-state index contributed by atoms with van der Waals surface area (Å²) in [5.41, 5.74) is 2.74. The van der Waals surface area contributed by atoms with Crippen LogP contribution in [0.1, 0.15) is 49.3 Å². The first kappa shape index (κ1) is 30.5. The van der Waals surface area contributed by atoms with Crippen LogP contribution in [0, 0.1) is 19.3 Å². The summed E-state index contributed by atoms with van der Waals surface area (Å²) in [7, 11) is 0. The van der Waals surface area contributed by atoms with Gasteiger partial charge in [0, 0.05) is 67.7 Å². The van der Waals surface area contributed by atoms with Gasteiger partial charge in [-0.2, -0.15) is 0 Å². The minimum atomic E-state index is -3.97. The molecule has 0 spiro atoms. The van der Waals surface area contributed by atoms with E-state index in [0.717, 1.165) is 10.0 Å². The van der Waals surface area contributed by atoms with Gasteiger partial charge in [0.2, 0.25) is 0 Å². The first-order valence-corrected chi connectivity index (χ1v) is 13.7. The van der Waals surface area contributed by atoms with E-state index in [2.05, 4.69) is 20.9 Å². The van der Waals surface area contributed by atoms with Crippen LogP contribution in [0.15, 0.2) is 42.4 Å².